The highest BCUT2D eigenvalue weighted by Gasteiger charge is 2.17. The van der Waals surface area contributed by atoms with Gasteiger partial charge < -0.3 is 0 Å². The second kappa shape index (κ2) is 7.35. The molecular weight excluding hydrogens is 450 g/mol. The van der Waals surface area contributed by atoms with E-state index in [-0.39, 0.29) is 11.3 Å². The Morgan fingerprint density at radius 2 is 2.00 bits per heavy atom. The number of aromatic nitrogens is 2. The average molecular weight is 458 g/mol. The number of amides is 1. The summed E-state index contributed by atoms with van der Waals surface area (Å²) in [6, 6.07) is 14.6. The maximum absolute atomic E-state index is 14.0. The first-order chi connectivity index (χ1) is 12.5. The highest BCUT2D eigenvalue weighted by molar-refractivity contribution is 14.1. The lowest BCUT2D eigenvalue weighted by Gasteiger charge is -2.08. The summed E-state index contributed by atoms with van der Waals surface area (Å²) in [5, 5.41) is 16.1. The SMILES string of the molecule is N#Cc1ccc(-c2cc(C(=O)N=[N+]=[N-])nn2-c2ccc(I)cc2)cc1F. The number of carbonyl (C=O) groups excluding carboxylic acids is 1. The van der Waals surface area contributed by atoms with E-state index in [0.717, 1.165) is 3.57 Å². The van der Waals surface area contributed by atoms with Crippen LogP contribution < -0.4 is 0 Å². The van der Waals surface area contributed by atoms with E-state index in [9.17, 15) is 9.18 Å². The van der Waals surface area contributed by atoms with Crippen LogP contribution in [-0.4, -0.2) is 15.7 Å². The number of carbonyl (C=O) groups is 1. The number of nitriles is 1. The van der Waals surface area contributed by atoms with Crippen molar-refractivity contribution < 1.29 is 9.18 Å². The summed E-state index contributed by atoms with van der Waals surface area (Å²) in [5.74, 6) is -1.52. The fraction of sp³-hybridized carbons (Fsp3) is 0. The minimum atomic E-state index is -0.841. The van der Waals surface area contributed by atoms with Gasteiger partial charge in [0.1, 0.15) is 17.6 Å². The van der Waals surface area contributed by atoms with Gasteiger partial charge >= 0.3 is 0 Å². The topological polar surface area (TPSA) is 107 Å². The molecule has 0 aliphatic rings. The van der Waals surface area contributed by atoms with Gasteiger partial charge in [-0.1, -0.05) is 6.07 Å². The molecule has 26 heavy (non-hydrogen) atoms. The van der Waals surface area contributed by atoms with Crippen LogP contribution in [0.15, 0.2) is 53.6 Å². The predicted octanol–water partition coefficient (Wildman–Crippen LogP) is 4.61. The molecule has 3 rings (SSSR count). The van der Waals surface area contributed by atoms with Gasteiger partial charge in [-0.15, -0.1) is 0 Å². The van der Waals surface area contributed by atoms with Crippen molar-refractivity contribution in [1.82, 2.24) is 9.78 Å². The molecule has 0 N–H and O–H groups in total. The van der Waals surface area contributed by atoms with Crippen molar-refractivity contribution in [2.24, 2.45) is 5.11 Å². The molecule has 0 spiro atoms. The molecule has 2 aromatic carbocycles. The number of azide groups is 1. The van der Waals surface area contributed by atoms with Crippen LogP contribution in [0, 0.1) is 20.7 Å². The van der Waals surface area contributed by atoms with Crippen LogP contribution in [0.4, 0.5) is 4.39 Å². The van der Waals surface area contributed by atoms with E-state index >= 15 is 0 Å². The number of hydrogen-bond acceptors (Lipinski definition) is 3. The first kappa shape index (κ1) is 17.6. The summed E-state index contributed by atoms with van der Waals surface area (Å²) in [4.78, 5) is 14.4. The maximum Gasteiger partial charge on any atom is 0.269 e. The number of halogens is 2. The van der Waals surface area contributed by atoms with E-state index in [1.165, 1.54) is 22.9 Å². The Bertz CT molecular complexity index is 1090. The molecule has 0 saturated heterocycles. The van der Waals surface area contributed by atoms with E-state index in [2.05, 4.69) is 37.7 Å². The normalized spacial score (nSPS) is 10.0. The van der Waals surface area contributed by atoms with Crippen molar-refractivity contribution >= 4 is 28.5 Å². The van der Waals surface area contributed by atoms with E-state index in [1.807, 2.05) is 12.1 Å². The molecule has 7 nitrogen and oxygen atoms in total. The number of nitrogens with zero attached hydrogens (tertiary/aromatic N) is 6. The molecule has 3 aromatic rings. The smallest absolute Gasteiger partial charge is 0.269 e. The lowest BCUT2D eigenvalue weighted by atomic mass is 10.1. The van der Waals surface area contributed by atoms with Crippen molar-refractivity contribution in [2.45, 2.75) is 0 Å². The van der Waals surface area contributed by atoms with Crippen LogP contribution in [0.2, 0.25) is 0 Å². The zero-order valence-electron chi connectivity index (χ0n) is 13.0. The van der Waals surface area contributed by atoms with E-state index < -0.39 is 11.7 Å². The van der Waals surface area contributed by atoms with Crippen molar-refractivity contribution in [3.05, 3.63) is 79.6 Å². The second-order valence-corrected chi connectivity index (χ2v) is 6.35. The zero-order chi connectivity index (χ0) is 18.7. The quantitative estimate of drug-likeness (QED) is 0.248. The largest absolute Gasteiger partial charge is 0.285 e. The minimum absolute atomic E-state index is 0.0684. The standard InChI is InChI=1S/C17H8FIN6O/c18-14-7-10(1-2-11(14)9-20)16-8-15(17(26)22-24-21)23-25(16)13-5-3-12(19)4-6-13/h1-8H. The van der Waals surface area contributed by atoms with E-state index in [0.29, 0.717) is 16.9 Å². The van der Waals surface area contributed by atoms with Gasteiger partial charge in [-0.2, -0.15) is 10.4 Å². The number of rotatable bonds is 3. The first-order valence-corrected chi connectivity index (χ1v) is 8.27. The Hall–Kier alpha value is -3.22. The van der Waals surface area contributed by atoms with E-state index in [1.54, 1.807) is 24.3 Å². The summed E-state index contributed by atoms with van der Waals surface area (Å²) in [5.41, 5.74) is 9.79. The molecule has 0 radical (unpaired) electrons. The van der Waals surface area contributed by atoms with Gasteiger partial charge in [0.25, 0.3) is 5.91 Å². The average Bonchev–Trinajstić information content (AvgIpc) is 3.08. The van der Waals surface area contributed by atoms with Crippen LogP contribution in [0.5, 0.6) is 0 Å². The van der Waals surface area contributed by atoms with Gasteiger partial charge in [-0.05, 0) is 75.7 Å². The van der Waals surface area contributed by atoms with Crippen molar-refractivity contribution in [1.29, 1.82) is 5.26 Å². The van der Waals surface area contributed by atoms with Crippen LogP contribution in [-0.2, 0) is 0 Å². The molecule has 0 aliphatic heterocycles. The molecule has 1 aromatic heterocycles. The first-order valence-electron chi connectivity index (χ1n) is 7.19. The van der Waals surface area contributed by atoms with Crippen molar-refractivity contribution in [3.8, 4) is 23.0 Å². The Morgan fingerprint density at radius 1 is 1.27 bits per heavy atom. The summed E-state index contributed by atoms with van der Waals surface area (Å²) in [7, 11) is 0. The highest BCUT2D eigenvalue weighted by atomic mass is 127. The minimum Gasteiger partial charge on any atom is -0.285 e. The summed E-state index contributed by atoms with van der Waals surface area (Å²) in [6.45, 7) is 0. The van der Waals surface area contributed by atoms with Crippen LogP contribution in [0.25, 0.3) is 27.4 Å². The Labute approximate surface area is 160 Å². The summed E-state index contributed by atoms with van der Waals surface area (Å²) in [6.07, 6.45) is 0. The fourth-order valence-electron chi connectivity index (χ4n) is 2.33. The highest BCUT2D eigenvalue weighted by Crippen LogP contribution is 2.26. The molecule has 1 amide bonds. The number of hydrogen-bond donors (Lipinski definition) is 0. The summed E-state index contributed by atoms with van der Waals surface area (Å²) >= 11 is 2.16. The van der Waals surface area contributed by atoms with Gasteiger partial charge in [0.05, 0.1) is 16.9 Å². The third-order valence-corrected chi connectivity index (χ3v) is 4.24. The molecule has 9 heteroatoms. The monoisotopic (exact) mass is 458 g/mol. The van der Waals surface area contributed by atoms with Gasteiger partial charge in [0, 0.05) is 14.0 Å². The Balaban J connectivity index is 2.20. The molecule has 126 valence electrons. The Kier molecular flexibility index (Phi) is 4.97. The fourth-order valence-corrected chi connectivity index (χ4v) is 2.69. The third-order valence-electron chi connectivity index (χ3n) is 3.52. The molecule has 0 fully saturated rings. The Morgan fingerprint density at radius 3 is 2.62 bits per heavy atom. The van der Waals surface area contributed by atoms with Gasteiger partial charge in [0.2, 0.25) is 0 Å². The zero-order valence-corrected chi connectivity index (χ0v) is 15.1. The maximum atomic E-state index is 14.0. The van der Waals surface area contributed by atoms with Gasteiger partial charge in [-0.25, -0.2) is 9.07 Å². The second-order valence-electron chi connectivity index (χ2n) is 5.10. The van der Waals surface area contributed by atoms with Gasteiger partial charge in [-0.3, -0.25) is 4.79 Å². The molecule has 0 saturated carbocycles. The van der Waals surface area contributed by atoms with Crippen molar-refractivity contribution in [3.63, 3.8) is 0 Å². The molecule has 0 aliphatic carbocycles. The van der Waals surface area contributed by atoms with Gasteiger partial charge in [0.15, 0.2) is 0 Å². The molecule has 0 bridgehead atoms. The molecule has 1 heterocycles. The predicted molar refractivity (Wildman–Crippen MR) is 99.9 cm³/mol. The lowest BCUT2D eigenvalue weighted by Crippen LogP contribution is -2.01. The molecule has 0 unspecified atom stereocenters. The summed E-state index contributed by atoms with van der Waals surface area (Å²) < 4.78 is 16.5. The number of benzene rings is 2. The van der Waals surface area contributed by atoms with Crippen LogP contribution in [0.3, 0.4) is 0 Å². The van der Waals surface area contributed by atoms with E-state index in [4.69, 9.17) is 10.8 Å². The lowest BCUT2D eigenvalue weighted by molar-refractivity contribution is 0.0995. The molecule has 0 atom stereocenters. The molecular formula is C17H8FIN6O. The van der Waals surface area contributed by atoms with Crippen LogP contribution >= 0.6 is 22.6 Å². The third kappa shape index (κ3) is 3.42. The van der Waals surface area contributed by atoms with Crippen molar-refractivity contribution in [2.75, 3.05) is 0 Å². The van der Waals surface area contributed by atoms with Crippen LogP contribution in [0.1, 0.15) is 16.1 Å².